The second-order valence-electron chi connectivity index (χ2n) is 7.47. The molecule has 0 saturated carbocycles. The minimum atomic E-state index is -4.71. The molecule has 1 amide bonds. The maximum absolute atomic E-state index is 12.7. The number of rotatable bonds is 8. The number of nitrogens with zero attached hydrogens (tertiary/aromatic N) is 2. The third-order valence-corrected chi connectivity index (χ3v) is 4.94. The molecule has 178 valence electrons. The Balaban J connectivity index is 1.42. The Morgan fingerprint density at radius 1 is 0.971 bits per heavy atom. The molecule has 0 aliphatic carbocycles. The zero-order chi connectivity index (χ0) is 24.7. The van der Waals surface area contributed by atoms with E-state index >= 15 is 0 Å². The molecule has 0 fully saturated rings. The molecule has 4 rings (SSSR count). The highest BCUT2D eigenvalue weighted by Gasteiger charge is 2.38. The Bertz CT molecular complexity index is 1270. The summed E-state index contributed by atoms with van der Waals surface area (Å²) in [5, 5.41) is 6.31. The van der Waals surface area contributed by atoms with Crippen molar-refractivity contribution in [2.75, 3.05) is 6.61 Å². The minimum absolute atomic E-state index is 0.134. The Labute approximate surface area is 199 Å². The number of nitrogens with one attached hydrogen (secondary N) is 1. The van der Waals surface area contributed by atoms with Crippen LogP contribution in [-0.4, -0.2) is 22.7 Å². The lowest BCUT2D eigenvalue weighted by Crippen LogP contribution is -2.31. The monoisotopic (exact) mass is 479 g/mol. The molecule has 0 unspecified atom stereocenters. The van der Waals surface area contributed by atoms with Crippen LogP contribution in [0.3, 0.4) is 0 Å². The lowest BCUT2D eigenvalue weighted by Gasteiger charge is -2.19. The molecule has 0 bridgehead atoms. The Morgan fingerprint density at radius 3 is 2.26 bits per heavy atom. The van der Waals surface area contributed by atoms with E-state index in [4.69, 9.17) is 4.74 Å². The average molecular weight is 479 g/mol. The fourth-order valence-electron chi connectivity index (χ4n) is 3.20. The third-order valence-electron chi connectivity index (χ3n) is 4.94. The Kier molecular flexibility index (Phi) is 7.25. The van der Waals surface area contributed by atoms with Gasteiger partial charge in [0.1, 0.15) is 12.4 Å². The number of ether oxygens (including phenoxy) is 1. The molecule has 35 heavy (non-hydrogen) atoms. The van der Waals surface area contributed by atoms with Crippen molar-refractivity contribution in [2.24, 2.45) is 0 Å². The first-order valence-corrected chi connectivity index (χ1v) is 10.6. The third kappa shape index (κ3) is 6.57. The van der Waals surface area contributed by atoms with Gasteiger partial charge < -0.3 is 14.6 Å². The van der Waals surface area contributed by atoms with Gasteiger partial charge in [-0.05, 0) is 41.5 Å². The van der Waals surface area contributed by atoms with Crippen LogP contribution in [0.4, 0.5) is 13.2 Å². The highest BCUT2D eigenvalue weighted by atomic mass is 19.4. The van der Waals surface area contributed by atoms with Gasteiger partial charge in [-0.25, -0.2) is 0 Å². The van der Waals surface area contributed by atoms with Gasteiger partial charge in [-0.2, -0.15) is 18.2 Å². The molecule has 1 N–H and O–H groups in total. The van der Waals surface area contributed by atoms with Crippen molar-refractivity contribution in [2.45, 2.75) is 12.2 Å². The van der Waals surface area contributed by atoms with E-state index in [1.165, 1.54) is 18.2 Å². The van der Waals surface area contributed by atoms with Crippen LogP contribution in [0.5, 0.6) is 5.75 Å². The number of amides is 1. The topological polar surface area (TPSA) is 77.2 Å². The predicted octanol–water partition coefficient (Wildman–Crippen LogP) is 5.71. The van der Waals surface area contributed by atoms with Gasteiger partial charge in [-0.1, -0.05) is 65.8 Å². The van der Waals surface area contributed by atoms with Crippen molar-refractivity contribution in [3.8, 4) is 17.1 Å². The van der Waals surface area contributed by atoms with Crippen LogP contribution in [0.2, 0.25) is 0 Å². The maximum atomic E-state index is 12.7. The SMILES string of the molecule is O=C(/C=C/c1ccccc1)N[C@@H](COc1ccc(-c2noc(C(F)(F)F)n2)cc1)c1ccccc1. The number of carbonyl (C=O) groups is 1. The first-order chi connectivity index (χ1) is 16.9. The van der Waals surface area contributed by atoms with Crippen molar-refractivity contribution >= 4 is 12.0 Å². The lowest BCUT2D eigenvalue weighted by molar-refractivity contribution is -0.159. The average Bonchev–Trinajstić information content (AvgIpc) is 3.38. The summed E-state index contributed by atoms with van der Waals surface area (Å²) in [5.74, 6) is -1.40. The summed E-state index contributed by atoms with van der Waals surface area (Å²) < 4.78 is 48.1. The van der Waals surface area contributed by atoms with Gasteiger partial charge in [0.05, 0.1) is 6.04 Å². The second kappa shape index (κ2) is 10.7. The number of alkyl halides is 3. The minimum Gasteiger partial charge on any atom is -0.491 e. The molecule has 1 aromatic heterocycles. The number of aromatic nitrogens is 2. The molecular formula is C26H20F3N3O3. The quantitative estimate of drug-likeness (QED) is 0.328. The number of halogens is 3. The van der Waals surface area contributed by atoms with Crippen LogP contribution < -0.4 is 10.1 Å². The van der Waals surface area contributed by atoms with E-state index in [1.54, 1.807) is 18.2 Å². The van der Waals surface area contributed by atoms with Gasteiger partial charge >= 0.3 is 12.1 Å². The zero-order valence-corrected chi connectivity index (χ0v) is 18.3. The fourth-order valence-corrected chi connectivity index (χ4v) is 3.20. The van der Waals surface area contributed by atoms with Crippen molar-refractivity contribution in [3.63, 3.8) is 0 Å². The first kappa shape index (κ1) is 23.7. The molecule has 0 saturated heterocycles. The molecule has 0 radical (unpaired) electrons. The maximum Gasteiger partial charge on any atom is 0.471 e. The predicted molar refractivity (Wildman–Crippen MR) is 123 cm³/mol. The van der Waals surface area contributed by atoms with Crippen LogP contribution in [0.1, 0.15) is 23.1 Å². The van der Waals surface area contributed by atoms with Crippen LogP contribution >= 0.6 is 0 Å². The van der Waals surface area contributed by atoms with E-state index in [0.29, 0.717) is 11.3 Å². The molecule has 1 heterocycles. The highest BCUT2D eigenvalue weighted by Crippen LogP contribution is 2.30. The Morgan fingerprint density at radius 2 is 1.63 bits per heavy atom. The van der Waals surface area contributed by atoms with Gasteiger partial charge in [0.15, 0.2) is 0 Å². The van der Waals surface area contributed by atoms with Gasteiger partial charge in [-0.3, -0.25) is 4.79 Å². The zero-order valence-electron chi connectivity index (χ0n) is 18.3. The molecule has 3 aromatic carbocycles. The van der Waals surface area contributed by atoms with E-state index in [1.807, 2.05) is 60.7 Å². The van der Waals surface area contributed by atoms with Gasteiger partial charge in [0, 0.05) is 11.6 Å². The fraction of sp³-hybridized carbons (Fsp3) is 0.115. The smallest absolute Gasteiger partial charge is 0.471 e. The molecule has 1 atom stereocenters. The van der Waals surface area contributed by atoms with Crippen molar-refractivity contribution in [1.82, 2.24) is 15.5 Å². The van der Waals surface area contributed by atoms with E-state index in [-0.39, 0.29) is 18.3 Å². The molecular weight excluding hydrogens is 459 g/mol. The summed E-state index contributed by atoms with van der Waals surface area (Å²) in [6, 6.07) is 24.6. The molecule has 9 heteroatoms. The summed E-state index contributed by atoms with van der Waals surface area (Å²) in [7, 11) is 0. The van der Waals surface area contributed by atoms with E-state index < -0.39 is 18.1 Å². The summed E-state index contributed by atoms with van der Waals surface area (Å²) in [6.45, 7) is 0.134. The number of carbonyl (C=O) groups excluding carboxylic acids is 1. The van der Waals surface area contributed by atoms with Crippen LogP contribution in [0.15, 0.2) is 95.5 Å². The second-order valence-corrected chi connectivity index (χ2v) is 7.47. The normalized spacial score (nSPS) is 12.4. The standard InChI is InChI=1S/C26H20F3N3O3/c27-26(28,29)25-31-24(32-35-25)20-12-14-21(15-13-20)34-17-22(19-9-5-2-6-10-19)30-23(33)16-11-18-7-3-1-4-8-18/h1-16,22H,17H2,(H,30,33)/b16-11+/t22-/m0/s1. The van der Waals surface area contributed by atoms with E-state index in [9.17, 15) is 18.0 Å². The van der Waals surface area contributed by atoms with Crippen molar-refractivity contribution in [1.29, 1.82) is 0 Å². The number of benzene rings is 3. The largest absolute Gasteiger partial charge is 0.491 e. The Hall–Kier alpha value is -4.40. The van der Waals surface area contributed by atoms with Crippen LogP contribution in [0.25, 0.3) is 17.5 Å². The molecule has 0 aliphatic heterocycles. The number of hydrogen-bond acceptors (Lipinski definition) is 5. The molecule has 0 spiro atoms. The molecule has 4 aromatic rings. The molecule has 6 nitrogen and oxygen atoms in total. The van der Waals surface area contributed by atoms with Crippen molar-refractivity contribution in [3.05, 3.63) is 108 Å². The molecule has 0 aliphatic rings. The first-order valence-electron chi connectivity index (χ1n) is 10.6. The van der Waals surface area contributed by atoms with E-state index in [2.05, 4.69) is 20.0 Å². The van der Waals surface area contributed by atoms with Gasteiger partial charge in [0.2, 0.25) is 11.7 Å². The van der Waals surface area contributed by atoms with Crippen molar-refractivity contribution < 1.29 is 27.2 Å². The lowest BCUT2D eigenvalue weighted by atomic mass is 10.1. The number of hydrogen-bond donors (Lipinski definition) is 1. The summed E-state index contributed by atoms with van der Waals surface area (Å²) >= 11 is 0. The summed E-state index contributed by atoms with van der Waals surface area (Å²) in [5.41, 5.74) is 2.10. The van der Waals surface area contributed by atoms with Crippen LogP contribution in [0, 0.1) is 0 Å². The summed E-state index contributed by atoms with van der Waals surface area (Å²) in [6.07, 6.45) is -1.53. The summed E-state index contributed by atoms with van der Waals surface area (Å²) in [4.78, 5) is 15.9. The van der Waals surface area contributed by atoms with E-state index in [0.717, 1.165) is 11.1 Å². The van der Waals surface area contributed by atoms with Crippen LogP contribution in [-0.2, 0) is 11.0 Å². The van der Waals surface area contributed by atoms with Gasteiger partial charge in [-0.15, -0.1) is 0 Å². The highest BCUT2D eigenvalue weighted by molar-refractivity contribution is 5.92. The van der Waals surface area contributed by atoms with Gasteiger partial charge in [0.25, 0.3) is 0 Å².